The fraction of sp³-hybridized carbons (Fsp3) is 0.214. The molecule has 1 aromatic carbocycles. The van der Waals surface area contributed by atoms with Crippen LogP contribution in [0.25, 0.3) is 10.2 Å². The van der Waals surface area contributed by atoms with Crippen LogP contribution in [0.2, 0.25) is 0 Å². The van der Waals surface area contributed by atoms with Gasteiger partial charge in [0.15, 0.2) is 0 Å². The molecule has 0 radical (unpaired) electrons. The lowest BCUT2D eigenvalue weighted by molar-refractivity contribution is -0.383. The van der Waals surface area contributed by atoms with Gasteiger partial charge in [0, 0.05) is 6.07 Å². The lowest BCUT2D eigenvalue weighted by Gasteiger charge is -2.05. The molecule has 0 aliphatic heterocycles. The van der Waals surface area contributed by atoms with Gasteiger partial charge in [0.2, 0.25) is 0 Å². The number of furan rings is 1. The van der Waals surface area contributed by atoms with E-state index in [1.807, 2.05) is 26.0 Å². The van der Waals surface area contributed by atoms with Crippen LogP contribution in [0.4, 0.5) is 11.4 Å². The molecule has 21 heavy (non-hydrogen) atoms. The molecule has 0 amide bonds. The van der Waals surface area contributed by atoms with Crippen LogP contribution < -0.4 is 5.32 Å². The van der Waals surface area contributed by atoms with Crippen LogP contribution in [0, 0.1) is 24.0 Å². The number of aryl methyl sites for hydroxylation is 2. The minimum atomic E-state index is -0.385. The van der Waals surface area contributed by atoms with Crippen molar-refractivity contribution in [1.29, 1.82) is 0 Å². The van der Waals surface area contributed by atoms with Gasteiger partial charge in [-0.25, -0.2) is 4.98 Å². The second-order valence-corrected chi connectivity index (χ2v) is 5.93. The summed E-state index contributed by atoms with van der Waals surface area (Å²) in [6.07, 6.45) is 0. The van der Waals surface area contributed by atoms with Gasteiger partial charge in [-0.15, -0.1) is 11.3 Å². The van der Waals surface area contributed by atoms with Crippen LogP contribution >= 0.6 is 11.3 Å². The van der Waals surface area contributed by atoms with Crippen LogP contribution in [-0.2, 0) is 6.54 Å². The molecule has 0 aliphatic rings. The minimum absolute atomic E-state index is 0.0504. The van der Waals surface area contributed by atoms with Crippen LogP contribution in [0.5, 0.6) is 0 Å². The Morgan fingerprint density at radius 2 is 2.19 bits per heavy atom. The van der Waals surface area contributed by atoms with Crippen molar-refractivity contribution in [1.82, 2.24) is 4.98 Å². The molecule has 0 fully saturated rings. The van der Waals surface area contributed by atoms with E-state index in [9.17, 15) is 10.1 Å². The lowest BCUT2D eigenvalue weighted by atomic mass is 10.2. The number of hydrogen-bond acceptors (Lipinski definition) is 6. The largest absolute Gasteiger partial charge is 0.465 e. The predicted molar refractivity (Wildman–Crippen MR) is 81.8 cm³/mol. The summed E-state index contributed by atoms with van der Waals surface area (Å²) in [4.78, 5) is 15.2. The highest BCUT2D eigenvalue weighted by molar-refractivity contribution is 7.18. The number of nitro benzene ring substituents is 1. The maximum Gasteiger partial charge on any atom is 0.293 e. The fourth-order valence-electron chi connectivity index (χ4n) is 2.13. The average Bonchev–Trinajstić information content (AvgIpc) is 2.99. The number of rotatable bonds is 4. The van der Waals surface area contributed by atoms with Crippen molar-refractivity contribution in [2.75, 3.05) is 5.32 Å². The van der Waals surface area contributed by atoms with E-state index in [1.54, 1.807) is 12.1 Å². The van der Waals surface area contributed by atoms with Crippen molar-refractivity contribution < 1.29 is 9.34 Å². The monoisotopic (exact) mass is 303 g/mol. The third-order valence-electron chi connectivity index (χ3n) is 3.06. The highest BCUT2D eigenvalue weighted by Crippen LogP contribution is 2.33. The Balaban J connectivity index is 1.95. The molecule has 7 heteroatoms. The molecule has 2 aromatic heterocycles. The van der Waals surface area contributed by atoms with Gasteiger partial charge in [0.1, 0.15) is 17.2 Å². The zero-order valence-corrected chi connectivity index (χ0v) is 12.4. The number of aromatic nitrogens is 1. The number of benzene rings is 1. The SMILES string of the molecule is Cc1ccc(CNc2cc3nc(C)sc3cc2[N+](=O)[O-])o1. The third-order valence-corrected chi connectivity index (χ3v) is 3.99. The normalized spacial score (nSPS) is 11.0. The summed E-state index contributed by atoms with van der Waals surface area (Å²) in [5.41, 5.74) is 1.27. The summed E-state index contributed by atoms with van der Waals surface area (Å²) in [5, 5.41) is 15.2. The highest BCUT2D eigenvalue weighted by Gasteiger charge is 2.17. The Labute approximate surface area is 124 Å². The van der Waals surface area contributed by atoms with Gasteiger partial charge in [-0.05, 0) is 32.0 Å². The molecule has 6 nitrogen and oxygen atoms in total. The third kappa shape index (κ3) is 2.73. The van der Waals surface area contributed by atoms with Crippen LogP contribution in [-0.4, -0.2) is 9.91 Å². The standard InChI is InChI=1S/C14H13N3O3S/c1-8-3-4-10(20-8)7-15-11-5-12-14(21-9(2)16-12)6-13(11)17(18)19/h3-6,15H,7H2,1-2H3. The van der Waals surface area contributed by atoms with E-state index >= 15 is 0 Å². The molecule has 1 N–H and O–H groups in total. The Morgan fingerprint density at radius 3 is 2.86 bits per heavy atom. The first kappa shape index (κ1) is 13.6. The van der Waals surface area contributed by atoms with E-state index in [2.05, 4.69) is 10.3 Å². The Bertz CT molecular complexity index is 822. The zero-order valence-electron chi connectivity index (χ0n) is 11.5. The van der Waals surface area contributed by atoms with E-state index in [0.717, 1.165) is 26.7 Å². The first-order chi connectivity index (χ1) is 10.0. The molecule has 0 atom stereocenters. The van der Waals surface area contributed by atoms with Gasteiger partial charge in [-0.3, -0.25) is 10.1 Å². The van der Waals surface area contributed by atoms with Gasteiger partial charge in [0.05, 0.1) is 26.7 Å². The summed E-state index contributed by atoms with van der Waals surface area (Å²) >= 11 is 1.45. The molecule has 3 aromatic rings. The molecule has 0 saturated heterocycles. The maximum absolute atomic E-state index is 11.2. The topological polar surface area (TPSA) is 81.2 Å². The van der Waals surface area contributed by atoms with Crippen molar-refractivity contribution in [2.24, 2.45) is 0 Å². The molecule has 2 heterocycles. The molecular formula is C14H13N3O3S. The van der Waals surface area contributed by atoms with Crippen molar-refractivity contribution >= 4 is 32.9 Å². The van der Waals surface area contributed by atoms with E-state index in [0.29, 0.717) is 12.2 Å². The first-order valence-corrected chi connectivity index (χ1v) is 7.19. The molecule has 0 spiro atoms. The van der Waals surface area contributed by atoms with Gasteiger partial charge in [0.25, 0.3) is 5.69 Å². The molecular weight excluding hydrogens is 290 g/mol. The maximum atomic E-state index is 11.2. The van der Waals surface area contributed by atoms with Crippen LogP contribution in [0.3, 0.4) is 0 Å². The second-order valence-electron chi connectivity index (χ2n) is 4.69. The number of fused-ring (bicyclic) bond motifs is 1. The lowest BCUT2D eigenvalue weighted by Crippen LogP contribution is -2.02. The predicted octanol–water partition coefficient (Wildman–Crippen LogP) is 4.03. The summed E-state index contributed by atoms with van der Waals surface area (Å²) in [6.45, 7) is 4.13. The Hall–Kier alpha value is -2.41. The van der Waals surface area contributed by atoms with Crippen LogP contribution in [0.1, 0.15) is 16.5 Å². The van der Waals surface area contributed by atoms with Gasteiger partial charge >= 0.3 is 0 Å². The zero-order chi connectivity index (χ0) is 15.0. The Morgan fingerprint density at radius 1 is 1.38 bits per heavy atom. The molecule has 0 unspecified atom stereocenters. The smallest absolute Gasteiger partial charge is 0.293 e. The number of hydrogen-bond donors (Lipinski definition) is 1. The van der Waals surface area contributed by atoms with Gasteiger partial charge in [-0.2, -0.15) is 0 Å². The molecule has 0 bridgehead atoms. The first-order valence-electron chi connectivity index (χ1n) is 6.37. The minimum Gasteiger partial charge on any atom is -0.465 e. The van der Waals surface area contributed by atoms with Gasteiger partial charge in [-0.1, -0.05) is 0 Å². The molecule has 0 saturated carbocycles. The van der Waals surface area contributed by atoms with E-state index in [1.165, 1.54) is 11.3 Å². The van der Waals surface area contributed by atoms with Crippen molar-refractivity contribution in [3.8, 4) is 0 Å². The van der Waals surface area contributed by atoms with E-state index < -0.39 is 0 Å². The summed E-state index contributed by atoms with van der Waals surface area (Å²) in [7, 11) is 0. The Kier molecular flexibility index (Phi) is 3.34. The molecule has 3 rings (SSSR count). The quantitative estimate of drug-likeness (QED) is 0.581. The second kappa shape index (κ2) is 5.17. The van der Waals surface area contributed by atoms with Crippen molar-refractivity contribution in [3.63, 3.8) is 0 Å². The number of thiazole rings is 1. The fourth-order valence-corrected chi connectivity index (χ4v) is 2.98. The number of anilines is 1. The molecule has 0 aliphatic carbocycles. The number of nitrogens with one attached hydrogen (secondary N) is 1. The van der Waals surface area contributed by atoms with Crippen molar-refractivity contribution in [2.45, 2.75) is 20.4 Å². The van der Waals surface area contributed by atoms with Crippen LogP contribution in [0.15, 0.2) is 28.7 Å². The van der Waals surface area contributed by atoms with E-state index in [4.69, 9.17) is 4.42 Å². The number of nitrogens with zero attached hydrogens (tertiary/aromatic N) is 2. The number of nitro groups is 1. The summed E-state index contributed by atoms with van der Waals surface area (Å²) in [5.74, 6) is 1.54. The van der Waals surface area contributed by atoms with Gasteiger partial charge < -0.3 is 9.73 Å². The summed E-state index contributed by atoms with van der Waals surface area (Å²) < 4.78 is 6.27. The summed E-state index contributed by atoms with van der Waals surface area (Å²) in [6, 6.07) is 6.99. The highest BCUT2D eigenvalue weighted by atomic mass is 32.1. The average molecular weight is 303 g/mol. The molecule has 108 valence electrons. The van der Waals surface area contributed by atoms with E-state index in [-0.39, 0.29) is 10.6 Å². The van der Waals surface area contributed by atoms with Crippen molar-refractivity contribution in [3.05, 3.63) is 50.9 Å².